The van der Waals surface area contributed by atoms with E-state index in [4.69, 9.17) is 23.5 Å². The molecular formula is C22H17B3O4. The standard InChI is InChI=1S/C22H17B3O4/c1-10-13-6-4-3-5-12(13)7-8-14(10)17(15(27)9-26)18-16(11(2)23)21(28)20(25)22(29)19(18)24/h3-8,26-29H,2,9H2,1H3/b17-15+. The maximum Gasteiger partial charge on any atom is 0.126 e. The second kappa shape index (κ2) is 7.76. The molecule has 0 fully saturated rings. The number of rotatable bonds is 4. The summed E-state index contributed by atoms with van der Waals surface area (Å²) in [5.74, 6) is -1.48. The van der Waals surface area contributed by atoms with E-state index in [1.807, 2.05) is 37.3 Å². The highest BCUT2D eigenvalue weighted by Crippen LogP contribution is 2.38. The van der Waals surface area contributed by atoms with Gasteiger partial charge in [0.25, 0.3) is 0 Å². The quantitative estimate of drug-likeness (QED) is 0.411. The zero-order chi connectivity index (χ0) is 21.5. The summed E-state index contributed by atoms with van der Waals surface area (Å²) in [6.07, 6.45) is 0. The van der Waals surface area contributed by atoms with Crippen LogP contribution in [0, 0.1) is 6.92 Å². The zero-order valence-corrected chi connectivity index (χ0v) is 15.9. The van der Waals surface area contributed by atoms with E-state index in [1.54, 1.807) is 6.07 Å². The van der Waals surface area contributed by atoms with Crippen LogP contribution in [0.15, 0.2) is 48.7 Å². The third-order valence-electron chi connectivity index (χ3n) is 5.00. The number of phenolic OH excluding ortho intramolecular Hbond substituents is 2. The Morgan fingerprint density at radius 1 is 0.966 bits per heavy atom. The van der Waals surface area contributed by atoms with Gasteiger partial charge in [0.1, 0.15) is 47.4 Å². The summed E-state index contributed by atoms with van der Waals surface area (Å²) in [4.78, 5) is 0. The van der Waals surface area contributed by atoms with Crippen molar-refractivity contribution in [1.82, 2.24) is 0 Å². The van der Waals surface area contributed by atoms with E-state index in [-0.39, 0.29) is 33.1 Å². The van der Waals surface area contributed by atoms with Crippen LogP contribution >= 0.6 is 0 Å². The summed E-state index contributed by atoms with van der Waals surface area (Å²) >= 11 is 0. The van der Waals surface area contributed by atoms with Gasteiger partial charge in [-0.25, -0.2) is 0 Å². The van der Waals surface area contributed by atoms with E-state index in [2.05, 4.69) is 6.58 Å². The Bertz CT molecular complexity index is 1180. The topological polar surface area (TPSA) is 80.9 Å². The zero-order valence-electron chi connectivity index (χ0n) is 15.9. The summed E-state index contributed by atoms with van der Waals surface area (Å²) in [7, 11) is 17.7. The Morgan fingerprint density at radius 3 is 2.24 bits per heavy atom. The fourth-order valence-electron chi connectivity index (χ4n) is 3.55. The number of hydrogen-bond donors (Lipinski definition) is 4. The lowest BCUT2D eigenvalue weighted by Crippen LogP contribution is -2.24. The molecule has 3 rings (SSSR count). The van der Waals surface area contributed by atoms with Crippen molar-refractivity contribution < 1.29 is 20.4 Å². The van der Waals surface area contributed by atoms with Crippen molar-refractivity contribution in [2.75, 3.05) is 6.61 Å². The molecule has 0 unspecified atom stereocenters. The first-order chi connectivity index (χ1) is 13.7. The molecule has 29 heavy (non-hydrogen) atoms. The smallest absolute Gasteiger partial charge is 0.126 e. The highest BCUT2D eigenvalue weighted by atomic mass is 16.3. The first-order valence-electron chi connectivity index (χ1n) is 8.80. The van der Waals surface area contributed by atoms with Crippen LogP contribution in [0.2, 0.25) is 0 Å². The van der Waals surface area contributed by atoms with Gasteiger partial charge >= 0.3 is 0 Å². The van der Waals surface area contributed by atoms with Crippen LogP contribution in [0.1, 0.15) is 22.3 Å². The van der Waals surface area contributed by atoms with E-state index in [1.165, 1.54) is 0 Å². The van der Waals surface area contributed by atoms with E-state index < -0.39 is 23.9 Å². The van der Waals surface area contributed by atoms with Crippen molar-refractivity contribution in [3.8, 4) is 11.5 Å². The molecule has 0 amide bonds. The molecule has 0 aromatic heterocycles. The largest absolute Gasteiger partial charge is 0.509 e. The summed E-state index contributed by atoms with van der Waals surface area (Å²) in [6.45, 7) is 4.80. The molecule has 4 nitrogen and oxygen atoms in total. The van der Waals surface area contributed by atoms with Gasteiger partial charge in [-0.1, -0.05) is 41.9 Å². The minimum Gasteiger partial charge on any atom is -0.509 e. The molecule has 7 heteroatoms. The highest BCUT2D eigenvalue weighted by Gasteiger charge is 2.25. The Hall–Kier alpha value is -3.05. The van der Waals surface area contributed by atoms with Crippen molar-refractivity contribution in [2.45, 2.75) is 6.92 Å². The van der Waals surface area contributed by atoms with Gasteiger partial charge in [0.2, 0.25) is 0 Å². The number of aryl methyl sites for hydroxylation is 1. The Balaban J connectivity index is 2.50. The fraction of sp³-hybridized carbons (Fsp3) is 0.0909. The van der Waals surface area contributed by atoms with Crippen molar-refractivity contribution in [3.05, 3.63) is 71.0 Å². The molecule has 138 valence electrons. The molecule has 0 bridgehead atoms. The van der Waals surface area contributed by atoms with Crippen molar-refractivity contribution in [1.29, 1.82) is 0 Å². The Morgan fingerprint density at radius 2 is 1.62 bits per heavy atom. The predicted molar refractivity (Wildman–Crippen MR) is 120 cm³/mol. The normalized spacial score (nSPS) is 12.1. The van der Waals surface area contributed by atoms with Crippen LogP contribution in [-0.4, -0.2) is 50.6 Å². The van der Waals surface area contributed by atoms with Crippen LogP contribution in [0.5, 0.6) is 11.5 Å². The molecule has 6 radical (unpaired) electrons. The SMILES string of the molecule is [B]C(=C)c1c(O)c([B])c(O)c([B])c1/C(=C(/O)CO)c1ccc2ccccc2c1C. The van der Waals surface area contributed by atoms with E-state index in [0.717, 1.165) is 16.3 Å². The summed E-state index contributed by atoms with van der Waals surface area (Å²) in [6, 6.07) is 11.3. The predicted octanol–water partition coefficient (Wildman–Crippen LogP) is 1.60. The minimum atomic E-state index is -0.705. The van der Waals surface area contributed by atoms with Crippen molar-refractivity contribution in [2.24, 2.45) is 0 Å². The molecule has 0 saturated carbocycles. The second-order valence-electron chi connectivity index (χ2n) is 6.74. The Labute approximate surface area is 173 Å². The van der Waals surface area contributed by atoms with Crippen LogP contribution in [0.3, 0.4) is 0 Å². The molecule has 0 aliphatic carbocycles. The van der Waals surface area contributed by atoms with Gasteiger partial charge in [0.15, 0.2) is 0 Å². The van der Waals surface area contributed by atoms with Crippen LogP contribution in [0.25, 0.3) is 21.8 Å². The van der Waals surface area contributed by atoms with Gasteiger partial charge in [-0.15, -0.1) is 6.58 Å². The lowest BCUT2D eigenvalue weighted by molar-refractivity contribution is 0.255. The number of fused-ring (bicyclic) bond motifs is 1. The van der Waals surface area contributed by atoms with Crippen LogP contribution in [0.4, 0.5) is 0 Å². The number of aliphatic hydroxyl groups excluding tert-OH is 2. The maximum atomic E-state index is 10.6. The first kappa shape index (κ1) is 20.7. The molecule has 4 N–H and O–H groups in total. The summed E-state index contributed by atoms with van der Waals surface area (Å²) in [5.41, 5.74) is 0.815. The second-order valence-corrected chi connectivity index (χ2v) is 6.74. The summed E-state index contributed by atoms with van der Waals surface area (Å²) in [5, 5.41) is 43.0. The van der Waals surface area contributed by atoms with Gasteiger partial charge in [0, 0.05) is 11.1 Å². The van der Waals surface area contributed by atoms with E-state index in [9.17, 15) is 20.4 Å². The van der Waals surface area contributed by atoms with Gasteiger partial charge in [-0.3, -0.25) is 0 Å². The number of aliphatic hydroxyl groups is 2. The molecule has 3 aromatic rings. The average molecular weight is 378 g/mol. The lowest BCUT2D eigenvalue weighted by atomic mass is 9.71. The molecule has 0 aliphatic rings. The molecule has 0 aliphatic heterocycles. The number of benzene rings is 3. The average Bonchev–Trinajstić information content (AvgIpc) is 2.71. The number of aromatic hydroxyl groups is 2. The third kappa shape index (κ3) is 3.32. The molecule has 0 saturated heterocycles. The van der Waals surface area contributed by atoms with Crippen molar-refractivity contribution >= 4 is 56.3 Å². The van der Waals surface area contributed by atoms with Crippen molar-refractivity contribution in [3.63, 3.8) is 0 Å². The fourth-order valence-corrected chi connectivity index (χ4v) is 3.55. The monoisotopic (exact) mass is 378 g/mol. The Kier molecular flexibility index (Phi) is 5.54. The molecule has 0 heterocycles. The van der Waals surface area contributed by atoms with Gasteiger partial charge < -0.3 is 20.4 Å². The van der Waals surface area contributed by atoms with Gasteiger partial charge in [-0.05, 0) is 45.3 Å². The molecule has 0 atom stereocenters. The van der Waals surface area contributed by atoms with Crippen LogP contribution < -0.4 is 10.9 Å². The third-order valence-corrected chi connectivity index (χ3v) is 5.00. The number of hydrogen-bond acceptors (Lipinski definition) is 4. The first-order valence-corrected chi connectivity index (χ1v) is 8.80. The maximum absolute atomic E-state index is 10.6. The van der Waals surface area contributed by atoms with E-state index >= 15 is 0 Å². The number of phenols is 2. The molecular weight excluding hydrogens is 361 g/mol. The van der Waals surface area contributed by atoms with E-state index in [0.29, 0.717) is 5.56 Å². The molecule has 3 aromatic carbocycles. The van der Waals surface area contributed by atoms with Gasteiger partial charge in [0.05, 0.1) is 0 Å². The van der Waals surface area contributed by atoms with Crippen LogP contribution in [-0.2, 0) is 0 Å². The summed E-state index contributed by atoms with van der Waals surface area (Å²) < 4.78 is 0. The lowest BCUT2D eigenvalue weighted by Gasteiger charge is -2.24. The molecule has 0 spiro atoms. The van der Waals surface area contributed by atoms with Gasteiger partial charge in [-0.2, -0.15) is 0 Å². The highest BCUT2D eigenvalue weighted by molar-refractivity contribution is 6.48. The minimum absolute atomic E-state index is 0.0274.